The Hall–Kier alpha value is -1.16. The lowest BCUT2D eigenvalue weighted by atomic mass is 9.72. The molecule has 5 atom stereocenters. The standard InChI is InChI=1S/C24H44O4/c1-12-16(5)24(10,11)22(26)21(25)19(8)18(7)20(9)28-23(27)17(6)15(4)13-14(2)3/h14-17,20-21,25H,12-13H2,1-11H3/b19-18+/t15-,16-,17?,20-,21+/m0/s1. The zero-order valence-corrected chi connectivity index (χ0v) is 20.1. The Kier molecular flexibility index (Phi) is 10.7. The summed E-state index contributed by atoms with van der Waals surface area (Å²) in [5.41, 5.74) is 0.693. The first kappa shape index (κ1) is 26.8. The predicted molar refractivity (Wildman–Crippen MR) is 116 cm³/mol. The molecule has 0 bridgehead atoms. The number of esters is 1. The zero-order chi connectivity index (χ0) is 22.4. The van der Waals surface area contributed by atoms with Gasteiger partial charge in [0.15, 0.2) is 5.78 Å². The number of hydrogen-bond acceptors (Lipinski definition) is 4. The van der Waals surface area contributed by atoms with Crippen LogP contribution in [-0.4, -0.2) is 29.1 Å². The number of ether oxygens (including phenoxy) is 1. The summed E-state index contributed by atoms with van der Waals surface area (Å²) in [5.74, 6) is 0.343. The summed E-state index contributed by atoms with van der Waals surface area (Å²) in [6, 6.07) is 0. The van der Waals surface area contributed by atoms with Gasteiger partial charge in [-0.05, 0) is 56.1 Å². The summed E-state index contributed by atoms with van der Waals surface area (Å²) < 4.78 is 5.66. The molecule has 0 amide bonds. The summed E-state index contributed by atoms with van der Waals surface area (Å²) in [6.07, 6.45) is 0.183. The highest BCUT2D eigenvalue weighted by atomic mass is 16.5. The van der Waals surface area contributed by atoms with Gasteiger partial charge in [0.2, 0.25) is 0 Å². The van der Waals surface area contributed by atoms with Crippen LogP contribution in [0.5, 0.6) is 0 Å². The van der Waals surface area contributed by atoms with E-state index >= 15 is 0 Å². The molecule has 0 aromatic carbocycles. The van der Waals surface area contributed by atoms with Crippen molar-refractivity contribution in [3.63, 3.8) is 0 Å². The average Bonchev–Trinajstić information content (AvgIpc) is 2.62. The molecule has 0 fully saturated rings. The minimum Gasteiger partial charge on any atom is -0.458 e. The molecule has 0 aliphatic rings. The van der Waals surface area contributed by atoms with Gasteiger partial charge in [-0.15, -0.1) is 0 Å². The Balaban J connectivity index is 5.25. The van der Waals surface area contributed by atoms with Crippen LogP contribution in [0.2, 0.25) is 0 Å². The normalized spacial score (nSPS) is 18.8. The van der Waals surface area contributed by atoms with E-state index in [2.05, 4.69) is 20.8 Å². The molecule has 0 saturated heterocycles. The van der Waals surface area contributed by atoms with Gasteiger partial charge >= 0.3 is 5.97 Å². The number of rotatable bonds is 11. The Labute approximate surface area is 173 Å². The maximum atomic E-state index is 12.9. The Bertz CT molecular complexity index is 559. The van der Waals surface area contributed by atoms with E-state index in [1.165, 1.54) is 0 Å². The molecule has 0 radical (unpaired) electrons. The first-order chi connectivity index (χ1) is 12.7. The highest BCUT2D eigenvalue weighted by Gasteiger charge is 2.38. The molecule has 1 unspecified atom stereocenters. The van der Waals surface area contributed by atoms with Crippen molar-refractivity contribution in [2.75, 3.05) is 0 Å². The minimum atomic E-state index is -1.18. The van der Waals surface area contributed by atoms with Gasteiger partial charge in [0.1, 0.15) is 12.2 Å². The third-order valence-electron chi connectivity index (χ3n) is 6.73. The van der Waals surface area contributed by atoms with Crippen molar-refractivity contribution in [2.45, 2.75) is 101 Å². The monoisotopic (exact) mass is 396 g/mol. The molecule has 4 nitrogen and oxygen atoms in total. The summed E-state index contributed by atoms with van der Waals surface area (Å²) in [4.78, 5) is 25.4. The largest absolute Gasteiger partial charge is 0.458 e. The van der Waals surface area contributed by atoms with Crippen molar-refractivity contribution in [3.8, 4) is 0 Å². The SMILES string of the molecule is CC[C@H](C)C(C)(C)C(=O)[C@H](O)/C(C)=C(\C)[C@H](C)OC(=O)C(C)[C@@H](C)CC(C)C. The molecule has 0 aromatic rings. The number of Topliss-reactive ketones (excluding diaryl/α,β-unsaturated/α-hetero) is 1. The van der Waals surface area contributed by atoms with Crippen molar-refractivity contribution < 1.29 is 19.4 Å². The van der Waals surface area contributed by atoms with Crippen LogP contribution in [0.3, 0.4) is 0 Å². The van der Waals surface area contributed by atoms with Crippen LogP contribution in [0.15, 0.2) is 11.1 Å². The lowest BCUT2D eigenvalue weighted by molar-refractivity contribution is -0.152. The van der Waals surface area contributed by atoms with Gasteiger partial charge < -0.3 is 9.84 Å². The van der Waals surface area contributed by atoms with Gasteiger partial charge in [0.25, 0.3) is 0 Å². The summed E-state index contributed by atoms with van der Waals surface area (Å²) in [5, 5.41) is 10.7. The zero-order valence-electron chi connectivity index (χ0n) is 20.1. The Morgan fingerprint density at radius 3 is 1.89 bits per heavy atom. The molecule has 0 aliphatic carbocycles. The fourth-order valence-electron chi connectivity index (χ4n) is 3.39. The average molecular weight is 397 g/mol. The predicted octanol–water partition coefficient (Wildman–Crippen LogP) is 5.58. The molecule has 4 heteroatoms. The van der Waals surface area contributed by atoms with Crippen LogP contribution in [0.1, 0.15) is 89.0 Å². The topological polar surface area (TPSA) is 63.6 Å². The smallest absolute Gasteiger partial charge is 0.309 e. The fourth-order valence-corrected chi connectivity index (χ4v) is 3.39. The highest BCUT2D eigenvalue weighted by Crippen LogP contribution is 2.33. The molecule has 0 spiro atoms. The number of carbonyl (C=O) groups excluding carboxylic acids is 2. The van der Waals surface area contributed by atoms with E-state index < -0.39 is 17.6 Å². The third-order valence-corrected chi connectivity index (χ3v) is 6.73. The van der Waals surface area contributed by atoms with Gasteiger partial charge in [0.05, 0.1) is 5.92 Å². The summed E-state index contributed by atoms with van der Waals surface area (Å²) in [7, 11) is 0. The van der Waals surface area contributed by atoms with Gasteiger partial charge in [-0.1, -0.05) is 61.8 Å². The van der Waals surface area contributed by atoms with Gasteiger partial charge in [0, 0.05) is 5.41 Å². The van der Waals surface area contributed by atoms with Crippen molar-refractivity contribution >= 4 is 11.8 Å². The summed E-state index contributed by atoms with van der Waals surface area (Å²) in [6.45, 7) is 21.5. The lowest BCUT2D eigenvalue weighted by Crippen LogP contribution is -2.40. The van der Waals surface area contributed by atoms with E-state index in [0.29, 0.717) is 11.5 Å². The molecular weight excluding hydrogens is 352 g/mol. The number of ketones is 1. The van der Waals surface area contributed by atoms with Crippen molar-refractivity contribution in [3.05, 3.63) is 11.1 Å². The number of aliphatic hydroxyl groups is 1. The molecule has 0 rings (SSSR count). The minimum absolute atomic E-state index is 0.168. The number of carbonyl (C=O) groups is 2. The van der Waals surface area contributed by atoms with Crippen LogP contribution < -0.4 is 0 Å². The summed E-state index contributed by atoms with van der Waals surface area (Å²) >= 11 is 0. The van der Waals surface area contributed by atoms with Gasteiger partial charge in [-0.25, -0.2) is 0 Å². The molecule has 1 N–H and O–H groups in total. The number of aliphatic hydroxyl groups excluding tert-OH is 1. The van der Waals surface area contributed by atoms with E-state index in [4.69, 9.17) is 4.74 Å². The first-order valence-corrected chi connectivity index (χ1v) is 10.8. The first-order valence-electron chi connectivity index (χ1n) is 10.8. The maximum absolute atomic E-state index is 12.9. The molecule has 28 heavy (non-hydrogen) atoms. The molecule has 164 valence electrons. The van der Waals surface area contributed by atoms with E-state index in [9.17, 15) is 14.7 Å². The number of hydrogen-bond donors (Lipinski definition) is 1. The molecule has 0 aromatic heterocycles. The Morgan fingerprint density at radius 1 is 0.964 bits per heavy atom. The lowest BCUT2D eigenvalue weighted by Gasteiger charge is -2.32. The second-order valence-electron chi connectivity index (χ2n) is 9.64. The van der Waals surface area contributed by atoms with E-state index in [1.807, 2.05) is 41.5 Å². The van der Waals surface area contributed by atoms with Crippen LogP contribution in [-0.2, 0) is 14.3 Å². The van der Waals surface area contributed by atoms with Crippen molar-refractivity contribution in [1.82, 2.24) is 0 Å². The second kappa shape index (κ2) is 11.1. The van der Waals surface area contributed by atoms with E-state index in [-0.39, 0.29) is 29.5 Å². The fraction of sp³-hybridized carbons (Fsp3) is 0.833. The molecule has 0 aliphatic heterocycles. The molecular formula is C24H44O4. The van der Waals surface area contributed by atoms with Crippen molar-refractivity contribution in [1.29, 1.82) is 0 Å². The molecule has 0 heterocycles. The van der Waals surface area contributed by atoms with Crippen molar-refractivity contribution in [2.24, 2.45) is 29.1 Å². The van der Waals surface area contributed by atoms with Gasteiger partial charge in [-0.3, -0.25) is 9.59 Å². The van der Waals surface area contributed by atoms with E-state index in [0.717, 1.165) is 18.4 Å². The van der Waals surface area contributed by atoms with Crippen LogP contribution in [0.25, 0.3) is 0 Å². The van der Waals surface area contributed by atoms with Crippen LogP contribution >= 0.6 is 0 Å². The second-order valence-corrected chi connectivity index (χ2v) is 9.64. The van der Waals surface area contributed by atoms with Crippen LogP contribution in [0, 0.1) is 29.1 Å². The quantitative estimate of drug-likeness (QED) is 0.366. The highest BCUT2D eigenvalue weighted by molar-refractivity contribution is 5.90. The Morgan fingerprint density at radius 2 is 1.46 bits per heavy atom. The van der Waals surface area contributed by atoms with E-state index in [1.54, 1.807) is 13.8 Å². The van der Waals surface area contributed by atoms with Gasteiger partial charge in [-0.2, -0.15) is 0 Å². The molecule has 0 saturated carbocycles. The van der Waals surface area contributed by atoms with Crippen LogP contribution in [0.4, 0.5) is 0 Å². The maximum Gasteiger partial charge on any atom is 0.309 e. The third kappa shape index (κ3) is 7.02.